The lowest BCUT2D eigenvalue weighted by atomic mass is 10.1. The van der Waals surface area contributed by atoms with Gasteiger partial charge >= 0.3 is 0 Å². The molecule has 1 aromatic carbocycles. The fourth-order valence-corrected chi connectivity index (χ4v) is 4.04. The van der Waals surface area contributed by atoms with Gasteiger partial charge in [0, 0.05) is 19.3 Å². The highest BCUT2D eigenvalue weighted by Gasteiger charge is 2.34. The second-order valence-corrected chi connectivity index (χ2v) is 7.62. The summed E-state index contributed by atoms with van der Waals surface area (Å²) in [7, 11) is 1.63. The SMILES string of the molecule is COc1ccc(COCC[C@H](O)[C@@H](SC)C(=O)N2CCc3cccnc32)cc1. The van der Waals surface area contributed by atoms with Crippen molar-refractivity contribution in [2.75, 3.05) is 31.4 Å². The number of fused-ring (bicyclic) bond motifs is 1. The van der Waals surface area contributed by atoms with Crippen molar-refractivity contribution in [1.29, 1.82) is 0 Å². The van der Waals surface area contributed by atoms with Crippen molar-refractivity contribution < 1.29 is 19.4 Å². The van der Waals surface area contributed by atoms with Gasteiger partial charge in [-0.15, -0.1) is 11.8 Å². The summed E-state index contributed by atoms with van der Waals surface area (Å²) >= 11 is 1.37. The second kappa shape index (κ2) is 9.91. The second-order valence-electron chi connectivity index (χ2n) is 6.64. The van der Waals surface area contributed by atoms with Crippen LogP contribution in [0.15, 0.2) is 42.6 Å². The molecule has 2 heterocycles. The summed E-state index contributed by atoms with van der Waals surface area (Å²) in [6, 6.07) is 11.5. The molecule has 1 amide bonds. The van der Waals surface area contributed by atoms with Crippen LogP contribution in [0.2, 0.25) is 0 Å². The number of aliphatic hydroxyl groups excluding tert-OH is 1. The summed E-state index contributed by atoms with van der Waals surface area (Å²) in [6.07, 6.45) is 3.97. The van der Waals surface area contributed by atoms with E-state index in [9.17, 15) is 9.90 Å². The molecule has 0 fully saturated rings. The number of amides is 1. The Kier molecular flexibility index (Phi) is 7.30. The van der Waals surface area contributed by atoms with Gasteiger partial charge < -0.3 is 14.6 Å². The molecular weight excluding hydrogens is 376 g/mol. The predicted octanol–water partition coefficient (Wildman–Crippen LogP) is 2.68. The zero-order chi connectivity index (χ0) is 19.9. The third kappa shape index (κ3) is 4.84. The monoisotopic (exact) mass is 402 g/mol. The molecule has 0 radical (unpaired) electrons. The molecular formula is C21H26N2O4S. The van der Waals surface area contributed by atoms with Gasteiger partial charge in [-0.25, -0.2) is 4.98 Å². The van der Waals surface area contributed by atoms with Gasteiger partial charge in [-0.1, -0.05) is 18.2 Å². The Morgan fingerprint density at radius 1 is 1.32 bits per heavy atom. The third-order valence-electron chi connectivity index (χ3n) is 4.83. The van der Waals surface area contributed by atoms with Gasteiger partial charge in [0.2, 0.25) is 5.91 Å². The number of pyridine rings is 1. The zero-order valence-corrected chi connectivity index (χ0v) is 17.0. The Morgan fingerprint density at radius 3 is 2.82 bits per heavy atom. The number of aromatic nitrogens is 1. The van der Waals surface area contributed by atoms with Gasteiger partial charge in [-0.05, 0) is 48.4 Å². The van der Waals surface area contributed by atoms with Gasteiger partial charge in [0.15, 0.2) is 0 Å². The molecule has 0 bridgehead atoms. The first-order chi connectivity index (χ1) is 13.6. The molecule has 2 aromatic rings. The topological polar surface area (TPSA) is 71.9 Å². The molecule has 1 aliphatic rings. The molecule has 7 heteroatoms. The maximum absolute atomic E-state index is 12.9. The van der Waals surface area contributed by atoms with Crippen molar-refractivity contribution in [3.05, 3.63) is 53.7 Å². The zero-order valence-electron chi connectivity index (χ0n) is 16.2. The van der Waals surface area contributed by atoms with Crippen LogP contribution in [-0.4, -0.2) is 53.9 Å². The number of carbonyl (C=O) groups is 1. The average Bonchev–Trinajstić information content (AvgIpc) is 3.16. The normalized spacial score (nSPS) is 15.2. The van der Waals surface area contributed by atoms with Crippen molar-refractivity contribution in [2.24, 2.45) is 0 Å². The molecule has 28 heavy (non-hydrogen) atoms. The highest BCUT2D eigenvalue weighted by atomic mass is 32.2. The Bertz CT molecular complexity index is 784. The number of carbonyl (C=O) groups excluding carboxylic acids is 1. The van der Waals surface area contributed by atoms with Crippen LogP contribution in [0.5, 0.6) is 5.75 Å². The van der Waals surface area contributed by atoms with Gasteiger partial charge in [0.25, 0.3) is 0 Å². The van der Waals surface area contributed by atoms with Crippen LogP contribution >= 0.6 is 11.8 Å². The number of aliphatic hydroxyl groups is 1. The number of thioether (sulfide) groups is 1. The van der Waals surface area contributed by atoms with E-state index in [1.54, 1.807) is 18.2 Å². The number of anilines is 1. The minimum atomic E-state index is -0.772. The van der Waals surface area contributed by atoms with Crippen molar-refractivity contribution in [3.63, 3.8) is 0 Å². The molecule has 1 aromatic heterocycles. The number of methoxy groups -OCH3 is 1. The first-order valence-corrected chi connectivity index (χ1v) is 10.6. The Labute approximate surface area is 169 Å². The summed E-state index contributed by atoms with van der Waals surface area (Å²) < 4.78 is 10.8. The van der Waals surface area contributed by atoms with Crippen LogP contribution in [-0.2, 0) is 22.6 Å². The van der Waals surface area contributed by atoms with E-state index in [-0.39, 0.29) is 5.91 Å². The number of rotatable bonds is 9. The van der Waals surface area contributed by atoms with E-state index in [1.807, 2.05) is 42.7 Å². The summed E-state index contributed by atoms with van der Waals surface area (Å²) in [5, 5.41) is 10.0. The molecule has 0 aliphatic carbocycles. The number of ether oxygens (including phenoxy) is 2. The van der Waals surface area contributed by atoms with E-state index in [1.165, 1.54) is 11.8 Å². The number of hydrogen-bond acceptors (Lipinski definition) is 6. The fourth-order valence-electron chi connectivity index (χ4n) is 3.26. The lowest BCUT2D eigenvalue weighted by Gasteiger charge is -2.25. The van der Waals surface area contributed by atoms with Crippen molar-refractivity contribution >= 4 is 23.5 Å². The molecule has 3 rings (SSSR count). The van der Waals surface area contributed by atoms with Gasteiger partial charge in [-0.2, -0.15) is 0 Å². The van der Waals surface area contributed by atoms with Crippen LogP contribution in [0.3, 0.4) is 0 Å². The van der Waals surface area contributed by atoms with Crippen LogP contribution in [0.4, 0.5) is 5.82 Å². The molecule has 6 nitrogen and oxygen atoms in total. The van der Waals surface area contributed by atoms with E-state index < -0.39 is 11.4 Å². The Morgan fingerprint density at radius 2 is 2.11 bits per heavy atom. The van der Waals surface area contributed by atoms with Crippen molar-refractivity contribution in [2.45, 2.75) is 30.8 Å². The minimum absolute atomic E-state index is 0.0902. The standard InChI is InChI=1S/C21H26N2O4S/c1-26-17-7-5-15(6-8-17)14-27-13-10-18(24)19(28-2)21(25)23-12-9-16-4-3-11-22-20(16)23/h3-8,11,18-19,24H,9-10,12-14H2,1-2H3/t18-,19+/m0/s1. The molecule has 2 atom stereocenters. The number of benzene rings is 1. The van der Waals surface area contributed by atoms with Crippen LogP contribution in [0.1, 0.15) is 17.5 Å². The van der Waals surface area contributed by atoms with Gasteiger partial charge in [-0.3, -0.25) is 9.69 Å². The lowest BCUT2D eigenvalue weighted by molar-refractivity contribution is -0.120. The molecule has 1 aliphatic heterocycles. The van der Waals surface area contributed by atoms with E-state index >= 15 is 0 Å². The van der Waals surface area contributed by atoms with E-state index in [0.29, 0.717) is 26.2 Å². The summed E-state index contributed by atoms with van der Waals surface area (Å²) in [4.78, 5) is 19.0. The fraction of sp³-hybridized carbons (Fsp3) is 0.429. The van der Waals surface area contributed by atoms with Crippen molar-refractivity contribution in [1.82, 2.24) is 4.98 Å². The molecule has 0 saturated heterocycles. The smallest absolute Gasteiger partial charge is 0.243 e. The molecule has 150 valence electrons. The van der Waals surface area contributed by atoms with Crippen molar-refractivity contribution in [3.8, 4) is 5.75 Å². The van der Waals surface area contributed by atoms with Crippen LogP contribution in [0.25, 0.3) is 0 Å². The Hall–Kier alpha value is -2.09. The van der Waals surface area contributed by atoms with E-state index in [4.69, 9.17) is 9.47 Å². The molecule has 1 N–H and O–H groups in total. The average molecular weight is 403 g/mol. The van der Waals surface area contributed by atoms with Crippen LogP contribution in [0, 0.1) is 0 Å². The Balaban J connectivity index is 1.49. The largest absolute Gasteiger partial charge is 0.497 e. The number of hydrogen-bond donors (Lipinski definition) is 1. The summed E-state index contributed by atoms with van der Waals surface area (Å²) in [5.74, 6) is 1.43. The molecule has 0 saturated carbocycles. The maximum atomic E-state index is 12.9. The quantitative estimate of drug-likeness (QED) is 0.650. The van der Waals surface area contributed by atoms with Crippen LogP contribution < -0.4 is 9.64 Å². The highest BCUT2D eigenvalue weighted by Crippen LogP contribution is 2.28. The van der Waals surface area contributed by atoms with E-state index in [2.05, 4.69) is 4.98 Å². The first-order valence-electron chi connectivity index (χ1n) is 9.31. The molecule has 0 unspecified atom stereocenters. The highest BCUT2D eigenvalue weighted by molar-refractivity contribution is 8.00. The van der Waals surface area contributed by atoms with Gasteiger partial charge in [0.05, 0.1) is 19.8 Å². The third-order valence-corrected chi connectivity index (χ3v) is 5.85. The summed E-state index contributed by atoms with van der Waals surface area (Å²) in [5.41, 5.74) is 2.11. The van der Waals surface area contributed by atoms with E-state index in [0.717, 1.165) is 29.1 Å². The predicted molar refractivity (Wildman–Crippen MR) is 111 cm³/mol. The van der Waals surface area contributed by atoms with Gasteiger partial charge in [0.1, 0.15) is 16.8 Å². The lowest BCUT2D eigenvalue weighted by Crippen LogP contribution is -2.43. The number of nitrogens with zero attached hydrogens (tertiary/aromatic N) is 2. The molecule has 0 spiro atoms. The minimum Gasteiger partial charge on any atom is -0.497 e. The first kappa shape index (κ1) is 20.6. The maximum Gasteiger partial charge on any atom is 0.243 e. The summed E-state index contributed by atoms with van der Waals surface area (Å²) in [6.45, 7) is 1.45.